The van der Waals surface area contributed by atoms with Gasteiger partial charge in [0, 0.05) is 23.6 Å². The summed E-state index contributed by atoms with van der Waals surface area (Å²) in [7, 11) is 0. The quantitative estimate of drug-likeness (QED) is 0.621. The number of aryl methyl sites for hydroxylation is 1. The van der Waals surface area contributed by atoms with Crippen LogP contribution in [0.15, 0.2) is 28.7 Å². The van der Waals surface area contributed by atoms with Gasteiger partial charge in [0.15, 0.2) is 0 Å². The van der Waals surface area contributed by atoms with Crippen molar-refractivity contribution in [2.24, 2.45) is 0 Å². The second kappa shape index (κ2) is 7.47. The number of imidazole rings is 1. The maximum absolute atomic E-state index is 14.8. The van der Waals surface area contributed by atoms with Gasteiger partial charge < -0.3 is 14.6 Å². The van der Waals surface area contributed by atoms with Crippen molar-refractivity contribution < 1.29 is 13.5 Å². The SMILES string of the molecule is Cc1cc2nc(-c3c(F)cc(Br)cc3Cl)n(CC3CNCCO3)c2cc1F. The van der Waals surface area contributed by atoms with Gasteiger partial charge in [-0.3, -0.25) is 0 Å². The minimum Gasteiger partial charge on any atom is -0.374 e. The highest BCUT2D eigenvalue weighted by molar-refractivity contribution is 9.10. The first kappa shape index (κ1) is 18.8. The summed E-state index contributed by atoms with van der Waals surface area (Å²) >= 11 is 9.58. The van der Waals surface area contributed by atoms with E-state index in [0.717, 1.165) is 6.54 Å². The molecule has 142 valence electrons. The molecule has 1 saturated heterocycles. The van der Waals surface area contributed by atoms with E-state index in [1.54, 1.807) is 23.6 Å². The van der Waals surface area contributed by atoms with Crippen molar-refractivity contribution in [1.29, 1.82) is 0 Å². The lowest BCUT2D eigenvalue weighted by atomic mass is 10.2. The van der Waals surface area contributed by atoms with Crippen molar-refractivity contribution in [3.05, 3.63) is 51.0 Å². The molecule has 0 aliphatic carbocycles. The van der Waals surface area contributed by atoms with Gasteiger partial charge in [-0.25, -0.2) is 13.8 Å². The van der Waals surface area contributed by atoms with Gasteiger partial charge in [0.2, 0.25) is 0 Å². The molecule has 1 N–H and O–H groups in total. The lowest BCUT2D eigenvalue weighted by Crippen LogP contribution is -2.40. The molecule has 1 unspecified atom stereocenters. The molecule has 3 aromatic rings. The van der Waals surface area contributed by atoms with Crippen molar-refractivity contribution in [3.8, 4) is 11.4 Å². The van der Waals surface area contributed by atoms with Crippen molar-refractivity contribution in [1.82, 2.24) is 14.9 Å². The molecule has 2 heterocycles. The molecular weight excluding hydrogens is 440 g/mol. The van der Waals surface area contributed by atoms with Crippen LogP contribution < -0.4 is 5.32 Å². The summed E-state index contributed by atoms with van der Waals surface area (Å²) in [6.07, 6.45) is -0.128. The molecule has 4 rings (SSSR count). The zero-order valence-corrected chi connectivity index (χ0v) is 16.9. The van der Waals surface area contributed by atoms with E-state index in [1.807, 2.05) is 0 Å². The van der Waals surface area contributed by atoms with Crippen LogP contribution >= 0.6 is 27.5 Å². The fourth-order valence-electron chi connectivity index (χ4n) is 3.32. The van der Waals surface area contributed by atoms with Crippen molar-refractivity contribution in [2.45, 2.75) is 19.6 Å². The number of ether oxygens (including phenoxy) is 1. The van der Waals surface area contributed by atoms with Gasteiger partial charge in [0.25, 0.3) is 0 Å². The monoisotopic (exact) mass is 455 g/mol. The Hall–Kier alpha value is -1.54. The van der Waals surface area contributed by atoms with Gasteiger partial charge in [0.1, 0.15) is 17.5 Å². The summed E-state index contributed by atoms with van der Waals surface area (Å²) in [5.41, 5.74) is 1.85. The van der Waals surface area contributed by atoms with E-state index in [0.29, 0.717) is 46.6 Å². The topological polar surface area (TPSA) is 39.1 Å². The van der Waals surface area contributed by atoms with E-state index in [9.17, 15) is 8.78 Å². The van der Waals surface area contributed by atoms with Gasteiger partial charge in [-0.1, -0.05) is 27.5 Å². The first-order valence-electron chi connectivity index (χ1n) is 8.57. The average Bonchev–Trinajstić information content (AvgIpc) is 2.93. The largest absolute Gasteiger partial charge is 0.374 e. The van der Waals surface area contributed by atoms with Crippen LogP contribution in [0.3, 0.4) is 0 Å². The third-order valence-corrected chi connectivity index (χ3v) is 5.41. The summed E-state index contributed by atoms with van der Waals surface area (Å²) in [5.74, 6) is -0.467. The number of hydrogen-bond donors (Lipinski definition) is 1. The van der Waals surface area contributed by atoms with Crippen LogP contribution in [0.1, 0.15) is 5.56 Å². The van der Waals surface area contributed by atoms with E-state index < -0.39 is 5.82 Å². The maximum atomic E-state index is 14.8. The Morgan fingerprint density at radius 1 is 1.30 bits per heavy atom. The number of morpholine rings is 1. The van der Waals surface area contributed by atoms with Crippen molar-refractivity contribution in [2.75, 3.05) is 19.7 Å². The Bertz CT molecular complexity index is 995. The average molecular weight is 457 g/mol. The molecule has 1 aromatic heterocycles. The van der Waals surface area contributed by atoms with E-state index >= 15 is 0 Å². The molecule has 2 aromatic carbocycles. The Kier molecular flexibility index (Phi) is 5.20. The Morgan fingerprint density at radius 2 is 2.11 bits per heavy atom. The first-order chi connectivity index (χ1) is 12.9. The van der Waals surface area contributed by atoms with Gasteiger partial charge in [0.05, 0.1) is 40.9 Å². The molecule has 27 heavy (non-hydrogen) atoms. The predicted molar refractivity (Wildman–Crippen MR) is 105 cm³/mol. The molecule has 0 spiro atoms. The molecule has 1 aliphatic rings. The normalized spacial score (nSPS) is 17.6. The Labute approximate surface area is 168 Å². The molecule has 0 saturated carbocycles. The number of nitrogens with zero attached hydrogens (tertiary/aromatic N) is 2. The molecule has 4 nitrogen and oxygen atoms in total. The van der Waals surface area contributed by atoms with Gasteiger partial charge in [-0.05, 0) is 30.7 Å². The van der Waals surface area contributed by atoms with Crippen LogP contribution in [-0.2, 0) is 11.3 Å². The summed E-state index contributed by atoms with van der Waals surface area (Å²) < 4.78 is 37.1. The number of benzene rings is 2. The molecule has 8 heteroatoms. The molecule has 0 bridgehead atoms. The molecule has 0 radical (unpaired) electrons. The van der Waals surface area contributed by atoms with E-state index in [2.05, 4.69) is 26.2 Å². The Morgan fingerprint density at radius 3 is 2.81 bits per heavy atom. The zero-order chi connectivity index (χ0) is 19.1. The Balaban J connectivity index is 1.92. The highest BCUT2D eigenvalue weighted by atomic mass is 79.9. The minimum absolute atomic E-state index is 0.128. The highest BCUT2D eigenvalue weighted by Crippen LogP contribution is 2.35. The van der Waals surface area contributed by atoms with E-state index in [1.165, 1.54) is 12.1 Å². The maximum Gasteiger partial charge on any atom is 0.145 e. The lowest BCUT2D eigenvalue weighted by molar-refractivity contribution is 0.0191. The van der Waals surface area contributed by atoms with Gasteiger partial charge in [-0.15, -0.1) is 0 Å². The fourth-order valence-corrected chi connectivity index (χ4v) is 4.18. The third-order valence-electron chi connectivity index (χ3n) is 4.65. The number of nitrogens with one attached hydrogen (secondary N) is 1. The number of halogens is 4. The first-order valence-corrected chi connectivity index (χ1v) is 9.74. The zero-order valence-electron chi connectivity index (χ0n) is 14.5. The molecule has 1 aliphatic heterocycles. The summed E-state index contributed by atoms with van der Waals surface area (Å²) in [6, 6.07) is 6.06. The predicted octanol–water partition coefficient (Wildman–Crippen LogP) is 4.69. The lowest BCUT2D eigenvalue weighted by Gasteiger charge is -2.25. The van der Waals surface area contributed by atoms with Crippen LogP contribution in [0.2, 0.25) is 5.02 Å². The van der Waals surface area contributed by atoms with Crippen LogP contribution in [-0.4, -0.2) is 35.4 Å². The minimum atomic E-state index is -0.495. The summed E-state index contributed by atoms with van der Waals surface area (Å²) in [5, 5.41) is 3.50. The van der Waals surface area contributed by atoms with Crippen LogP contribution in [0, 0.1) is 18.6 Å². The molecule has 0 amide bonds. The second-order valence-electron chi connectivity index (χ2n) is 6.58. The fraction of sp³-hybridized carbons (Fsp3) is 0.316. The number of hydrogen-bond acceptors (Lipinski definition) is 3. The third kappa shape index (κ3) is 3.61. The van der Waals surface area contributed by atoms with Crippen molar-refractivity contribution in [3.63, 3.8) is 0 Å². The van der Waals surface area contributed by atoms with Crippen molar-refractivity contribution >= 4 is 38.6 Å². The van der Waals surface area contributed by atoms with Crippen LogP contribution in [0.25, 0.3) is 22.4 Å². The van der Waals surface area contributed by atoms with E-state index in [4.69, 9.17) is 16.3 Å². The highest BCUT2D eigenvalue weighted by Gasteiger charge is 2.23. The standard InChI is InChI=1S/C19H17BrClF2N3O/c1-10-4-16-17(7-14(10)22)26(9-12-8-24-2-3-27-12)19(25-16)18-13(21)5-11(20)6-15(18)23/h4-7,12,24H,2-3,8-9H2,1H3. The number of fused-ring (bicyclic) bond motifs is 1. The smallest absolute Gasteiger partial charge is 0.145 e. The van der Waals surface area contributed by atoms with Crippen LogP contribution in [0.4, 0.5) is 8.78 Å². The van der Waals surface area contributed by atoms with Gasteiger partial charge >= 0.3 is 0 Å². The number of rotatable bonds is 3. The summed E-state index contributed by atoms with van der Waals surface area (Å²) in [4.78, 5) is 4.58. The van der Waals surface area contributed by atoms with E-state index in [-0.39, 0.29) is 22.5 Å². The number of aromatic nitrogens is 2. The summed E-state index contributed by atoms with van der Waals surface area (Å²) in [6.45, 7) is 4.12. The van der Waals surface area contributed by atoms with Gasteiger partial charge in [-0.2, -0.15) is 0 Å². The molecular formula is C19H17BrClF2N3O. The molecule has 1 fully saturated rings. The van der Waals surface area contributed by atoms with Crippen LogP contribution in [0.5, 0.6) is 0 Å². The molecule has 1 atom stereocenters. The second-order valence-corrected chi connectivity index (χ2v) is 7.90.